The van der Waals surface area contributed by atoms with E-state index in [1.807, 2.05) is 25.9 Å². The maximum atomic E-state index is 12.2. The first-order valence-corrected chi connectivity index (χ1v) is 8.75. The molecule has 1 aromatic heterocycles. The van der Waals surface area contributed by atoms with Crippen molar-refractivity contribution >= 4 is 11.7 Å². The van der Waals surface area contributed by atoms with E-state index in [1.54, 1.807) is 6.07 Å². The molecule has 1 aromatic rings. The van der Waals surface area contributed by atoms with E-state index >= 15 is 0 Å². The van der Waals surface area contributed by atoms with E-state index in [1.165, 1.54) is 31.3 Å². The smallest absolute Gasteiger partial charge is 0.270 e. The lowest BCUT2D eigenvalue weighted by molar-refractivity contribution is 0.0945. The van der Waals surface area contributed by atoms with Crippen LogP contribution in [0.3, 0.4) is 0 Å². The Kier molecular flexibility index (Phi) is 7.18. The summed E-state index contributed by atoms with van der Waals surface area (Å²) in [6.45, 7) is 4.05. The largest absolute Gasteiger partial charge is 0.370 e. The summed E-state index contributed by atoms with van der Waals surface area (Å²) in [6, 6.07) is 1.73. The molecule has 6 heteroatoms. The van der Waals surface area contributed by atoms with Gasteiger partial charge in [0.05, 0.1) is 0 Å². The third kappa shape index (κ3) is 6.28. The number of nitrogens with zero attached hydrogens (tertiary/aromatic N) is 3. The van der Waals surface area contributed by atoms with Gasteiger partial charge in [0, 0.05) is 25.7 Å². The fourth-order valence-corrected chi connectivity index (χ4v) is 2.74. The highest BCUT2D eigenvalue weighted by Gasteiger charge is 2.10. The Balaban J connectivity index is 1.87. The second-order valence-electron chi connectivity index (χ2n) is 6.53. The quantitative estimate of drug-likeness (QED) is 0.716. The Morgan fingerprint density at radius 1 is 1.25 bits per heavy atom. The Labute approximate surface area is 144 Å². The molecule has 24 heavy (non-hydrogen) atoms. The van der Waals surface area contributed by atoms with Crippen LogP contribution in [0.15, 0.2) is 17.7 Å². The van der Waals surface area contributed by atoms with Gasteiger partial charge in [0.1, 0.15) is 17.3 Å². The molecular formula is C18H29N5O. The van der Waals surface area contributed by atoms with E-state index in [0.717, 1.165) is 25.3 Å². The molecule has 0 saturated heterocycles. The maximum Gasteiger partial charge on any atom is 0.270 e. The normalized spacial score (nSPS) is 14.4. The molecule has 0 atom stereocenters. The monoisotopic (exact) mass is 331 g/mol. The van der Waals surface area contributed by atoms with Crippen LogP contribution < -0.4 is 10.6 Å². The number of aromatic nitrogens is 2. The Bertz CT molecular complexity index is 583. The summed E-state index contributed by atoms with van der Waals surface area (Å²) in [5.74, 6) is 1.17. The molecule has 1 heterocycles. The standard InChI is InChI=1S/C18H29N5O/c1-14-21-16(18(24)20-11-12-23(2)3)13-17(22-14)19-10-9-15-7-5-4-6-8-15/h7,13H,4-6,8-12H2,1-3H3,(H,20,24)(H,19,21,22). The lowest BCUT2D eigenvalue weighted by Crippen LogP contribution is -2.32. The molecule has 1 aliphatic rings. The zero-order valence-electron chi connectivity index (χ0n) is 15.1. The lowest BCUT2D eigenvalue weighted by Gasteiger charge is -2.14. The summed E-state index contributed by atoms with van der Waals surface area (Å²) in [5.41, 5.74) is 1.95. The molecule has 0 unspecified atom stereocenters. The molecule has 0 saturated carbocycles. The molecule has 0 aliphatic heterocycles. The number of nitrogens with one attached hydrogen (secondary N) is 2. The van der Waals surface area contributed by atoms with Gasteiger partial charge in [-0.2, -0.15) is 0 Å². The van der Waals surface area contributed by atoms with Gasteiger partial charge < -0.3 is 15.5 Å². The topological polar surface area (TPSA) is 70.2 Å². The fraction of sp³-hybridized carbons (Fsp3) is 0.611. The van der Waals surface area contributed by atoms with Crippen LogP contribution in [0.5, 0.6) is 0 Å². The Morgan fingerprint density at radius 2 is 2.08 bits per heavy atom. The molecular weight excluding hydrogens is 302 g/mol. The number of likely N-dealkylation sites (N-methyl/N-ethyl adjacent to an activating group) is 1. The van der Waals surface area contributed by atoms with Gasteiger partial charge in [0.2, 0.25) is 0 Å². The second-order valence-corrected chi connectivity index (χ2v) is 6.53. The van der Waals surface area contributed by atoms with Crippen molar-refractivity contribution in [1.82, 2.24) is 20.2 Å². The van der Waals surface area contributed by atoms with Crippen LogP contribution >= 0.6 is 0 Å². The average molecular weight is 331 g/mol. The molecule has 2 N–H and O–H groups in total. The molecule has 0 fully saturated rings. The van der Waals surface area contributed by atoms with Crippen LogP contribution in [-0.4, -0.2) is 54.5 Å². The summed E-state index contributed by atoms with van der Waals surface area (Å²) in [6.07, 6.45) is 8.43. The molecule has 0 aromatic carbocycles. The predicted molar refractivity (Wildman–Crippen MR) is 97.3 cm³/mol. The van der Waals surface area contributed by atoms with Crippen LogP contribution in [0.1, 0.15) is 48.4 Å². The highest BCUT2D eigenvalue weighted by Crippen LogP contribution is 2.20. The van der Waals surface area contributed by atoms with Crippen LogP contribution in [-0.2, 0) is 0 Å². The van der Waals surface area contributed by atoms with Gasteiger partial charge in [-0.3, -0.25) is 4.79 Å². The number of aryl methyl sites for hydroxylation is 1. The van der Waals surface area contributed by atoms with Crippen molar-refractivity contribution in [3.05, 3.63) is 29.2 Å². The Hall–Kier alpha value is -1.95. The number of hydrogen-bond donors (Lipinski definition) is 2. The number of hydrogen-bond acceptors (Lipinski definition) is 5. The molecule has 0 bridgehead atoms. The summed E-state index contributed by atoms with van der Waals surface area (Å²) in [7, 11) is 3.95. The zero-order chi connectivity index (χ0) is 17.4. The number of allylic oxidation sites excluding steroid dienone is 1. The number of carbonyl (C=O) groups is 1. The number of rotatable bonds is 8. The minimum absolute atomic E-state index is 0.152. The van der Waals surface area contributed by atoms with Crippen molar-refractivity contribution in [2.75, 3.05) is 39.0 Å². The number of anilines is 1. The summed E-state index contributed by atoms with van der Waals surface area (Å²) in [4.78, 5) is 22.8. The van der Waals surface area contributed by atoms with Gasteiger partial charge in [-0.25, -0.2) is 9.97 Å². The van der Waals surface area contributed by atoms with E-state index in [2.05, 4.69) is 26.7 Å². The molecule has 0 spiro atoms. The third-order valence-electron chi connectivity index (χ3n) is 4.05. The molecule has 1 amide bonds. The van der Waals surface area contributed by atoms with E-state index in [-0.39, 0.29) is 5.91 Å². The second kappa shape index (κ2) is 9.37. The van der Waals surface area contributed by atoms with Gasteiger partial charge in [0.25, 0.3) is 5.91 Å². The van der Waals surface area contributed by atoms with Crippen LogP contribution in [0, 0.1) is 6.92 Å². The molecule has 0 radical (unpaired) electrons. The first-order chi connectivity index (χ1) is 11.5. The molecule has 6 nitrogen and oxygen atoms in total. The van der Waals surface area contributed by atoms with E-state index in [0.29, 0.717) is 18.1 Å². The summed E-state index contributed by atoms with van der Waals surface area (Å²) >= 11 is 0. The molecule has 132 valence electrons. The van der Waals surface area contributed by atoms with Crippen molar-refractivity contribution in [3.63, 3.8) is 0 Å². The van der Waals surface area contributed by atoms with Gasteiger partial charge in [-0.05, 0) is 53.1 Å². The van der Waals surface area contributed by atoms with Crippen molar-refractivity contribution in [1.29, 1.82) is 0 Å². The van der Waals surface area contributed by atoms with Crippen LogP contribution in [0.2, 0.25) is 0 Å². The van der Waals surface area contributed by atoms with E-state index < -0.39 is 0 Å². The average Bonchev–Trinajstić information content (AvgIpc) is 2.55. The SMILES string of the molecule is Cc1nc(NCCC2=CCCCC2)cc(C(=O)NCCN(C)C)n1. The van der Waals surface area contributed by atoms with E-state index in [9.17, 15) is 4.79 Å². The summed E-state index contributed by atoms with van der Waals surface area (Å²) < 4.78 is 0. The van der Waals surface area contributed by atoms with Crippen molar-refractivity contribution in [3.8, 4) is 0 Å². The van der Waals surface area contributed by atoms with Gasteiger partial charge >= 0.3 is 0 Å². The first kappa shape index (κ1) is 18.4. The lowest BCUT2D eigenvalue weighted by atomic mass is 9.97. The predicted octanol–water partition coefficient (Wildman–Crippen LogP) is 2.38. The van der Waals surface area contributed by atoms with Gasteiger partial charge in [-0.1, -0.05) is 11.6 Å². The minimum Gasteiger partial charge on any atom is -0.370 e. The van der Waals surface area contributed by atoms with Gasteiger partial charge in [-0.15, -0.1) is 0 Å². The first-order valence-electron chi connectivity index (χ1n) is 8.75. The van der Waals surface area contributed by atoms with Crippen LogP contribution in [0.25, 0.3) is 0 Å². The van der Waals surface area contributed by atoms with E-state index in [4.69, 9.17) is 0 Å². The fourth-order valence-electron chi connectivity index (χ4n) is 2.74. The molecule has 1 aliphatic carbocycles. The van der Waals surface area contributed by atoms with Gasteiger partial charge in [0.15, 0.2) is 0 Å². The van der Waals surface area contributed by atoms with Crippen molar-refractivity contribution in [2.24, 2.45) is 0 Å². The Morgan fingerprint density at radius 3 is 2.79 bits per heavy atom. The van der Waals surface area contributed by atoms with Crippen molar-refractivity contribution < 1.29 is 4.79 Å². The van der Waals surface area contributed by atoms with Crippen molar-refractivity contribution in [2.45, 2.75) is 39.0 Å². The minimum atomic E-state index is -0.152. The third-order valence-corrected chi connectivity index (χ3v) is 4.05. The number of amides is 1. The molecule has 2 rings (SSSR count). The number of carbonyl (C=O) groups excluding carboxylic acids is 1. The maximum absolute atomic E-state index is 12.2. The highest BCUT2D eigenvalue weighted by atomic mass is 16.1. The van der Waals surface area contributed by atoms with Crippen LogP contribution in [0.4, 0.5) is 5.82 Å². The zero-order valence-corrected chi connectivity index (χ0v) is 15.1. The highest BCUT2D eigenvalue weighted by molar-refractivity contribution is 5.92. The summed E-state index contributed by atoms with van der Waals surface area (Å²) in [5, 5.41) is 6.21.